The van der Waals surface area contributed by atoms with Crippen molar-refractivity contribution in [2.45, 2.75) is 32.6 Å². The summed E-state index contributed by atoms with van der Waals surface area (Å²) < 4.78 is 35.5. The lowest BCUT2D eigenvalue weighted by Crippen LogP contribution is -2.17. The summed E-state index contributed by atoms with van der Waals surface area (Å²) in [7, 11) is -3.87. The van der Waals surface area contributed by atoms with Gasteiger partial charge in [0.1, 0.15) is 5.58 Å². The van der Waals surface area contributed by atoms with Crippen molar-refractivity contribution in [1.29, 1.82) is 0 Å². The number of halogens is 1. The Morgan fingerprint density at radius 3 is 2.39 bits per heavy atom. The molecule has 170 valence electrons. The third kappa shape index (κ3) is 4.67. The topological polar surface area (TPSA) is 88.4 Å². The molecule has 0 radical (unpaired) electrons. The Morgan fingerprint density at radius 2 is 1.67 bits per heavy atom. The zero-order chi connectivity index (χ0) is 23.9. The molecule has 1 heterocycles. The first-order valence-electron chi connectivity index (χ1n) is 10.3. The van der Waals surface area contributed by atoms with E-state index in [1.54, 1.807) is 31.2 Å². The highest BCUT2D eigenvalue weighted by Crippen LogP contribution is 2.29. The first-order valence-corrected chi connectivity index (χ1v) is 12.5. The minimum Gasteiger partial charge on any atom is -0.451 e. The summed E-state index contributed by atoms with van der Waals surface area (Å²) in [5, 5.41) is 3.59. The van der Waals surface area contributed by atoms with Crippen LogP contribution < -0.4 is 10.0 Å². The van der Waals surface area contributed by atoms with E-state index in [2.05, 4.69) is 26.0 Å². The normalized spacial score (nSPS) is 11.5. The minimum atomic E-state index is -3.87. The first kappa shape index (κ1) is 23.1. The molecular formula is C25H23BrN2O4S. The second kappa shape index (κ2) is 8.68. The van der Waals surface area contributed by atoms with Crippen molar-refractivity contribution in [2.75, 3.05) is 10.0 Å². The summed E-state index contributed by atoms with van der Waals surface area (Å²) in [5.74, 6) is -0.268. The summed E-state index contributed by atoms with van der Waals surface area (Å²) in [5.41, 5.74) is 4.62. The summed E-state index contributed by atoms with van der Waals surface area (Å²) in [4.78, 5) is 13.0. The number of carbonyl (C=O) groups excluding carboxylic acids is 1. The van der Waals surface area contributed by atoms with Crippen LogP contribution in [0.4, 0.5) is 11.4 Å². The molecule has 1 aromatic heterocycles. The van der Waals surface area contributed by atoms with E-state index in [-0.39, 0.29) is 10.7 Å². The fourth-order valence-electron chi connectivity index (χ4n) is 3.69. The van der Waals surface area contributed by atoms with Gasteiger partial charge in [-0.1, -0.05) is 39.7 Å². The van der Waals surface area contributed by atoms with Crippen LogP contribution in [0.3, 0.4) is 0 Å². The molecular weight excluding hydrogens is 504 g/mol. The molecule has 0 fully saturated rings. The number of furan rings is 1. The van der Waals surface area contributed by atoms with Crippen LogP contribution in [-0.2, 0) is 10.0 Å². The molecule has 0 saturated carbocycles. The van der Waals surface area contributed by atoms with E-state index in [9.17, 15) is 13.2 Å². The molecule has 0 aliphatic rings. The van der Waals surface area contributed by atoms with Crippen LogP contribution in [0.25, 0.3) is 11.0 Å². The molecule has 6 nitrogen and oxygen atoms in total. The van der Waals surface area contributed by atoms with E-state index in [4.69, 9.17) is 4.42 Å². The van der Waals surface area contributed by atoms with Crippen molar-refractivity contribution < 1.29 is 17.6 Å². The van der Waals surface area contributed by atoms with Crippen molar-refractivity contribution in [3.63, 3.8) is 0 Å². The van der Waals surface area contributed by atoms with Gasteiger partial charge in [0.25, 0.3) is 15.9 Å². The van der Waals surface area contributed by atoms with Gasteiger partial charge in [-0.15, -0.1) is 0 Å². The van der Waals surface area contributed by atoms with Gasteiger partial charge in [-0.25, -0.2) is 8.42 Å². The van der Waals surface area contributed by atoms with Gasteiger partial charge in [0.15, 0.2) is 5.76 Å². The van der Waals surface area contributed by atoms with Crippen molar-refractivity contribution in [2.24, 2.45) is 0 Å². The smallest absolute Gasteiger partial charge is 0.291 e. The van der Waals surface area contributed by atoms with Crippen LogP contribution in [0, 0.1) is 27.7 Å². The minimum absolute atomic E-state index is 0.0885. The summed E-state index contributed by atoms with van der Waals surface area (Å²) in [6.45, 7) is 7.32. The predicted molar refractivity (Wildman–Crippen MR) is 135 cm³/mol. The van der Waals surface area contributed by atoms with Crippen molar-refractivity contribution in [1.82, 2.24) is 0 Å². The molecule has 0 atom stereocenters. The molecule has 1 amide bonds. The van der Waals surface area contributed by atoms with Gasteiger partial charge in [0, 0.05) is 21.1 Å². The van der Waals surface area contributed by atoms with E-state index in [0.29, 0.717) is 28.1 Å². The number of hydrogen-bond acceptors (Lipinski definition) is 4. The lowest BCUT2D eigenvalue weighted by atomic mass is 10.1. The van der Waals surface area contributed by atoms with Crippen LogP contribution in [0.15, 0.2) is 68.4 Å². The second-order valence-corrected chi connectivity index (χ2v) is 10.6. The highest BCUT2D eigenvalue weighted by molar-refractivity contribution is 9.10. The lowest BCUT2D eigenvalue weighted by molar-refractivity contribution is 0.0998. The maximum atomic E-state index is 13.1. The molecule has 4 aromatic rings. The molecule has 4 rings (SSSR count). The average Bonchev–Trinajstić information content (AvgIpc) is 3.07. The Balaban J connectivity index is 1.63. The highest BCUT2D eigenvalue weighted by Gasteiger charge is 2.21. The molecule has 3 aromatic carbocycles. The zero-order valence-electron chi connectivity index (χ0n) is 18.6. The Bertz CT molecular complexity index is 1510. The Hall–Kier alpha value is -3.10. The number of fused-ring (bicyclic) bond motifs is 1. The summed E-state index contributed by atoms with van der Waals surface area (Å²) in [6.07, 6.45) is 0. The van der Waals surface area contributed by atoms with Crippen molar-refractivity contribution >= 4 is 54.2 Å². The molecule has 0 bridgehead atoms. The van der Waals surface area contributed by atoms with Gasteiger partial charge in [-0.05, 0) is 75.2 Å². The van der Waals surface area contributed by atoms with Gasteiger partial charge in [0.05, 0.1) is 10.6 Å². The number of hydrogen-bond donors (Lipinski definition) is 2. The second-order valence-electron chi connectivity index (χ2n) is 8.05. The number of rotatable bonds is 5. The molecule has 2 N–H and O–H groups in total. The number of nitrogens with one attached hydrogen (secondary N) is 2. The van der Waals surface area contributed by atoms with Gasteiger partial charge in [0.2, 0.25) is 0 Å². The number of anilines is 2. The van der Waals surface area contributed by atoms with Crippen LogP contribution in [0.2, 0.25) is 0 Å². The van der Waals surface area contributed by atoms with Crippen molar-refractivity contribution in [3.8, 4) is 0 Å². The Labute approximate surface area is 201 Å². The molecule has 0 saturated heterocycles. The molecule has 0 unspecified atom stereocenters. The fourth-order valence-corrected chi connectivity index (χ4v) is 5.46. The summed E-state index contributed by atoms with van der Waals surface area (Å²) in [6, 6.07) is 15.8. The van der Waals surface area contributed by atoms with Gasteiger partial charge in [-0.2, -0.15) is 0 Å². The van der Waals surface area contributed by atoms with E-state index < -0.39 is 15.9 Å². The zero-order valence-corrected chi connectivity index (χ0v) is 21.0. The molecule has 0 spiro atoms. The summed E-state index contributed by atoms with van der Waals surface area (Å²) >= 11 is 3.43. The number of aryl methyl sites for hydroxylation is 4. The number of sulfonamides is 1. The quantitative estimate of drug-likeness (QED) is 0.311. The predicted octanol–water partition coefficient (Wildman–Crippen LogP) is 6.48. The van der Waals surface area contributed by atoms with Gasteiger partial charge >= 0.3 is 0 Å². The van der Waals surface area contributed by atoms with Crippen LogP contribution in [0.5, 0.6) is 0 Å². The molecule has 8 heteroatoms. The van der Waals surface area contributed by atoms with Gasteiger partial charge in [-0.3, -0.25) is 9.52 Å². The Kier molecular flexibility index (Phi) is 6.07. The van der Waals surface area contributed by atoms with Crippen molar-refractivity contribution in [3.05, 3.63) is 87.1 Å². The highest BCUT2D eigenvalue weighted by atomic mass is 79.9. The maximum absolute atomic E-state index is 13.1. The maximum Gasteiger partial charge on any atom is 0.291 e. The average molecular weight is 527 g/mol. The van der Waals surface area contributed by atoms with E-state index >= 15 is 0 Å². The molecule has 33 heavy (non-hydrogen) atoms. The lowest BCUT2D eigenvalue weighted by Gasteiger charge is -2.14. The first-order chi connectivity index (χ1) is 15.5. The largest absolute Gasteiger partial charge is 0.451 e. The van der Waals surface area contributed by atoms with Crippen LogP contribution >= 0.6 is 15.9 Å². The monoisotopic (exact) mass is 526 g/mol. The van der Waals surface area contributed by atoms with E-state index in [1.807, 2.05) is 45.0 Å². The fraction of sp³-hybridized carbons (Fsp3) is 0.160. The van der Waals surface area contributed by atoms with Crippen LogP contribution in [0.1, 0.15) is 32.8 Å². The number of benzene rings is 3. The van der Waals surface area contributed by atoms with E-state index in [0.717, 1.165) is 21.0 Å². The molecule has 0 aliphatic carbocycles. The van der Waals surface area contributed by atoms with E-state index in [1.165, 1.54) is 6.07 Å². The standard InChI is InChI=1S/C25H23BrN2O4S/c1-14-5-9-21(16(3)11-14)28-33(30,31)23-13-19(8-6-15(23)2)27-25(29)24-17(4)20-12-18(26)7-10-22(20)32-24/h5-13,28H,1-4H3,(H,27,29). The SMILES string of the molecule is Cc1ccc(NS(=O)(=O)c2cc(NC(=O)c3oc4ccc(Br)cc4c3C)ccc2C)c(C)c1. The third-order valence-electron chi connectivity index (χ3n) is 5.47. The number of amides is 1. The third-order valence-corrected chi connectivity index (χ3v) is 7.47. The Morgan fingerprint density at radius 1 is 0.909 bits per heavy atom. The molecule has 0 aliphatic heterocycles. The van der Waals surface area contributed by atoms with Gasteiger partial charge < -0.3 is 9.73 Å². The van der Waals surface area contributed by atoms with Crippen LogP contribution in [-0.4, -0.2) is 14.3 Å². The number of carbonyl (C=O) groups is 1.